The number of aromatic nitrogens is 2. The minimum atomic E-state index is -0.417. The van der Waals surface area contributed by atoms with E-state index in [1.807, 2.05) is 26.0 Å². The van der Waals surface area contributed by atoms with Crippen LogP contribution in [0.25, 0.3) is 0 Å². The lowest BCUT2D eigenvalue weighted by atomic mass is 10.3. The van der Waals surface area contributed by atoms with Gasteiger partial charge in [0.25, 0.3) is 0 Å². The van der Waals surface area contributed by atoms with Gasteiger partial charge in [-0.3, -0.25) is 4.98 Å². The number of carbonyl (C=O) groups excluding carboxylic acids is 1. The summed E-state index contributed by atoms with van der Waals surface area (Å²) in [5.74, 6) is -0.417. The Labute approximate surface area is 109 Å². The summed E-state index contributed by atoms with van der Waals surface area (Å²) in [6, 6.07) is 3.76. The van der Waals surface area contributed by atoms with Crippen LogP contribution in [0.5, 0.6) is 0 Å². The van der Waals surface area contributed by atoms with Gasteiger partial charge in [0.15, 0.2) is 10.8 Å². The van der Waals surface area contributed by atoms with Gasteiger partial charge in [-0.15, -0.1) is 11.3 Å². The Morgan fingerprint density at radius 2 is 2.22 bits per heavy atom. The van der Waals surface area contributed by atoms with E-state index in [9.17, 15) is 4.79 Å². The number of hydrogen-bond acceptors (Lipinski definition) is 6. The maximum absolute atomic E-state index is 11.4. The SMILES string of the molecule is COC(=O)c1nc(Nc2cccnc2C)sc1C. The summed E-state index contributed by atoms with van der Waals surface area (Å²) in [6.07, 6.45) is 1.73. The van der Waals surface area contributed by atoms with E-state index in [-0.39, 0.29) is 0 Å². The first-order chi connectivity index (χ1) is 8.61. The van der Waals surface area contributed by atoms with Crippen molar-refractivity contribution in [2.45, 2.75) is 13.8 Å². The number of methoxy groups -OCH3 is 1. The zero-order valence-electron chi connectivity index (χ0n) is 10.4. The Morgan fingerprint density at radius 3 is 2.89 bits per heavy atom. The second kappa shape index (κ2) is 5.14. The first kappa shape index (κ1) is 12.5. The van der Waals surface area contributed by atoms with Crippen molar-refractivity contribution in [2.24, 2.45) is 0 Å². The van der Waals surface area contributed by atoms with Crippen LogP contribution in [0.4, 0.5) is 10.8 Å². The molecule has 0 aromatic carbocycles. The van der Waals surface area contributed by atoms with Crippen LogP contribution in [-0.4, -0.2) is 23.0 Å². The normalized spacial score (nSPS) is 10.2. The van der Waals surface area contributed by atoms with Gasteiger partial charge in [-0.2, -0.15) is 0 Å². The Hall–Kier alpha value is -1.95. The van der Waals surface area contributed by atoms with Gasteiger partial charge in [0.1, 0.15) is 0 Å². The van der Waals surface area contributed by atoms with E-state index in [1.54, 1.807) is 6.20 Å². The largest absolute Gasteiger partial charge is 0.464 e. The lowest BCUT2D eigenvalue weighted by Crippen LogP contribution is -2.03. The third kappa shape index (κ3) is 2.48. The number of hydrogen-bond donors (Lipinski definition) is 1. The third-order valence-corrected chi connectivity index (χ3v) is 3.31. The van der Waals surface area contributed by atoms with Crippen molar-refractivity contribution in [1.29, 1.82) is 0 Å². The smallest absolute Gasteiger partial charge is 0.357 e. The van der Waals surface area contributed by atoms with Gasteiger partial charge in [-0.1, -0.05) is 0 Å². The lowest BCUT2D eigenvalue weighted by molar-refractivity contribution is 0.0594. The second-order valence-corrected chi connectivity index (χ2v) is 4.88. The molecule has 0 aliphatic carbocycles. The summed E-state index contributed by atoms with van der Waals surface area (Å²) in [7, 11) is 1.35. The van der Waals surface area contributed by atoms with Crippen LogP contribution in [0.15, 0.2) is 18.3 Å². The predicted octanol–water partition coefficient (Wildman–Crippen LogP) is 2.69. The van der Waals surface area contributed by atoms with Crippen LogP contribution in [0.3, 0.4) is 0 Å². The van der Waals surface area contributed by atoms with Crippen molar-refractivity contribution in [3.8, 4) is 0 Å². The Balaban J connectivity index is 2.26. The van der Waals surface area contributed by atoms with E-state index in [0.717, 1.165) is 16.3 Å². The molecule has 0 radical (unpaired) electrons. The van der Waals surface area contributed by atoms with Crippen LogP contribution in [0.2, 0.25) is 0 Å². The number of esters is 1. The summed E-state index contributed by atoms with van der Waals surface area (Å²) >= 11 is 1.41. The van der Waals surface area contributed by atoms with E-state index < -0.39 is 5.97 Å². The van der Waals surface area contributed by atoms with Crippen molar-refractivity contribution >= 4 is 28.1 Å². The molecule has 0 fully saturated rings. The number of ether oxygens (including phenoxy) is 1. The fourth-order valence-electron chi connectivity index (χ4n) is 1.47. The molecule has 2 aromatic heterocycles. The molecule has 0 unspecified atom stereocenters. The summed E-state index contributed by atoms with van der Waals surface area (Å²) in [5, 5.41) is 3.81. The van der Waals surface area contributed by atoms with E-state index in [0.29, 0.717) is 10.8 Å². The summed E-state index contributed by atoms with van der Waals surface area (Å²) in [5.41, 5.74) is 2.11. The molecule has 2 rings (SSSR count). The van der Waals surface area contributed by atoms with E-state index in [1.165, 1.54) is 18.4 Å². The Morgan fingerprint density at radius 1 is 1.44 bits per heavy atom. The number of anilines is 2. The Bertz CT molecular complexity index is 580. The average Bonchev–Trinajstić information content (AvgIpc) is 2.72. The number of aryl methyl sites for hydroxylation is 2. The molecule has 0 spiro atoms. The van der Waals surface area contributed by atoms with Gasteiger partial charge in [-0.05, 0) is 26.0 Å². The van der Waals surface area contributed by atoms with E-state index in [2.05, 4.69) is 20.0 Å². The van der Waals surface area contributed by atoms with Crippen LogP contribution in [-0.2, 0) is 4.74 Å². The molecule has 0 amide bonds. The molecule has 18 heavy (non-hydrogen) atoms. The quantitative estimate of drug-likeness (QED) is 0.862. The fraction of sp³-hybridized carbons (Fsp3) is 0.250. The molecule has 5 nitrogen and oxygen atoms in total. The number of nitrogens with zero attached hydrogens (tertiary/aromatic N) is 2. The van der Waals surface area contributed by atoms with Crippen LogP contribution in [0.1, 0.15) is 21.1 Å². The van der Waals surface area contributed by atoms with Crippen molar-refractivity contribution in [2.75, 3.05) is 12.4 Å². The van der Waals surface area contributed by atoms with Gasteiger partial charge in [-0.25, -0.2) is 9.78 Å². The minimum absolute atomic E-state index is 0.353. The van der Waals surface area contributed by atoms with E-state index >= 15 is 0 Å². The van der Waals surface area contributed by atoms with Crippen LogP contribution < -0.4 is 5.32 Å². The highest BCUT2D eigenvalue weighted by molar-refractivity contribution is 7.15. The van der Waals surface area contributed by atoms with E-state index in [4.69, 9.17) is 0 Å². The molecular weight excluding hydrogens is 250 g/mol. The maximum Gasteiger partial charge on any atom is 0.357 e. The molecule has 2 aromatic rings. The monoisotopic (exact) mass is 263 g/mol. The van der Waals surface area contributed by atoms with Crippen LogP contribution in [0, 0.1) is 13.8 Å². The second-order valence-electron chi connectivity index (χ2n) is 3.68. The minimum Gasteiger partial charge on any atom is -0.464 e. The molecule has 0 atom stereocenters. The molecule has 0 saturated heterocycles. The van der Waals surface area contributed by atoms with Gasteiger partial charge in [0, 0.05) is 11.1 Å². The highest BCUT2D eigenvalue weighted by Gasteiger charge is 2.16. The molecule has 94 valence electrons. The summed E-state index contributed by atoms with van der Waals surface area (Å²) < 4.78 is 4.67. The fourth-order valence-corrected chi connectivity index (χ4v) is 2.28. The van der Waals surface area contributed by atoms with Crippen molar-refractivity contribution in [3.05, 3.63) is 34.6 Å². The molecule has 0 saturated carbocycles. The van der Waals surface area contributed by atoms with Crippen molar-refractivity contribution < 1.29 is 9.53 Å². The van der Waals surface area contributed by atoms with Crippen molar-refractivity contribution in [1.82, 2.24) is 9.97 Å². The van der Waals surface area contributed by atoms with Crippen molar-refractivity contribution in [3.63, 3.8) is 0 Å². The first-order valence-corrected chi connectivity index (χ1v) is 6.18. The zero-order valence-corrected chi connectivity index (χ0v) is 11.2. The highest BCUT2D eigenvalue weighted by atomic mass is 32.1. The lowest BCUT2D eigenvalue weighted by Gasteiger charge is -2.04. The predicted molar refractivity (Wildman–Crippen MR) is 70.4 cm³/mol. The maximum atomic E-state index is 11.4. The average molecular weight is 263 g/mol. The number of carbonyl (C=O) groups is 1. The summed E-state index contributed by atoms with van der Waals surface area (Å²) in [4.78, 5) is 20.7. The molecule has 2 heterocycles. The van der Waals surface area contributed by atoms with Gasteiger partial charge in [0.05, 0.1) is 18.5 Å². The number of nitrogens with one attached hydrogen (secondary N) is 1. The molecule has 0 bridgehead atoms. The first-order valence-electron chi connectivity index (χ1n) is 5.36. The highest BCUT2D eigenvalue weighted by Crippen LogP contribution is 2.26. The molecule has 1 N–H and O–H groups in total. The standard InChI is InChI=1S/C12H13N3O2S/c1-7-9(5-4-6-13-7)14-12-15-10(8(2)18-12)11(16)17-3/h4-6H,1-3H3,(H,14,15). The zero-order chi connectivity index (χ0) is 13.1. The topological polar surface area (TPSA) is 64.1 Å². The van der Waals surface area contributed by atoms with Gasteiger partial charge < -0.3 is 10.1 Å². The Kier molecular flexibility index (Phi) is 3.57. The molecular formula is C12H13N3O2S. The third-order valence-electron chi connectivity index (χ3n) is 2.42. The van der Waals surface area contributed by atoms with Crippen LogP contribution >= 0.6 is 11.3 Å². The van der Waals surface area contributed by atoms with Gasteiger partial charge >= 0.3 is 5.97 Å². The molecule has 0 aliphatic heterocycles. The molecule has 6 heteroatoms. The number of rotatable bonds is 3. The van der Waals surface area contributed by atoms with Gasteiger partial charge in [0.2, 0.25) is 0 Å². The number of pyridine rings is 1. The summed E-state index contributed by atoms with van der Waals surface area (Å²) in [6.45, 7) is 3.75. The molecule has 0 aliphatic rings. The number of thiazole rings is 1.